The van der Waals surface area contributed by atoms with E-state index in [9.17, 15) is 4.79 Å². The molecule has 1 fully saturated rings. The quantitative estimate of drug-likeness (QED) is 0.929. The first-order valence-electron chi connectivity index (χ1n) is 6.19. The molecule has 98 valence electrons. The number of hydrogen-bond acceptors (Lipinski definition) is 3. The molecule has 1 atom stereocenters. The fourth-order valence-electron chi connectivity index (χ4n) is 1.98. The highest BCUT2D eigenvalue weighted by Crippen LogP contribution is 2.21. The summed E-state index contributed by atoms with van der Waals surface area (Å²) in [6, 6.07) is 1.93. The van der Waals surface area contributed by atoms with Crippen LogP contribution in [0.3, 0.4) is 0 Å². The zero-order valence-electron chi connectivity index (χ0n) is 10.4. The Morgan fingerprint density at radius 2 is 2.50 bits per heavy atom. The van der Waals surface area contributed by atoms with Crippen LogP contribution in [0.15, 0.2) is 16.7 Å². The van der Waals surface area contributed by atoms with Crippen molar-refractivity contribution < 1.29 is 9.53 Å². The van der Waals surface area contributed by atoms with Gasteiger partial charge in [-0.1, -0.05) is 0 Å². The topological polar surface area (TPSA) is 51.2 Å². The molecule has 1 aliphatic heterocycles. The zero-order valence-corrected chi connectivity index (χ0v) is 12.0. The minimum Gasteiger partial charge on any atom is -0.378 e. The third-order valence-corrected chi connectivity index (χ3v) is 3.56. The lowest BCUT2D eigenvalue weighted by Crippen LogP contribution is -2.16. The van der Waals surface area contributed by atoms with E-state index in [-0.39, 0.29) is 12.0 Å². The Kier molecular flexibility index (Phi) is 4.72. The summed E-state index contributed by atoms with van der Waals surface area (Å²) < 4.78 is 6.30. The second-order valence-electron chi connectivity index (χ2n) is 4.56. The van der Waals surface area contributed by atoms with Gasteiger partial charge >= 0.3 is 0 Å². The number of aromatic nitrogens is 1. The third-order valence-electron chi connectivity index (χ3n) is 2.95. The SMILES string of the molecule is Cc1cnc(NC(=O)CCC2CCCO2)c(Br)c1. The van der Waals surface area contributed by atoms with E-state index in [4.69, 9.17) is 4.74 Å². The van der Waals surface area contributed by atoms with Gasteiger partial charge in [0, 0.05) is 19.2 Å². The maximum absolute atomic E-state index is 11.8. The van der Waals surface area contributed by atoms with E-state index in [1.165, 1.54) is 0 Å². The van der Waals surface area contributed by atoms with E-state index in [0.29, 0.717) is 12.2 Å². The highest BCUT2D eigenvalue weighted by molar-refractivity contribution is 9.10. The van der Waals surface area contributed by atoms with Gasteiger partial charge in [0.05, 0.1) is 10.6 Å². The average molecular weight is 313 g/mol. The maximum Gasteiger partial charge on any atom is 0.225 e. The van der Waals surface area contributed by atoms with Crippen molar-refractivity contribution in [2.24, 2.45) is 0 Å². The van der Waals surface area contributed by atoms with Crippen LogP contribution in [-0.2, 0) is 9.53 Å². The lowest BCUT2D eigenvalue weighted by atomic mass is 10.1. The summed E-state index contributed by atoms with van der Waals surface area (Å²) in [4.78, 5) is 16.0. The molecule has 1 N–H and O–H groups in total. The smallest absolute Gasteiger partial charge is 0.225 e. The fourth-order valence-corrected chi connectivity index (χ4v) is 2.55. The molecule has 0 radical (unpaired) electrons. The molecule has 1 aromatic rings. The number of hydrogen-bond donors (Lipinski definition) is 1. The van der Waals surface area contributed by atoms with Gasteiger partial charge in [-0.05, 0) is 53.7 Å². The predicted molar refractivity (Wildman–Crippen MR) is 73.5 cm³/mol. The number of carbonyl (C=O) groups is 1. The molecular weight excluding hydrogens is 296 g/mol. The molecule has 1 aromatic heterocycles. The van der Waals surface area contributed by atoms with Gasteiger partial charge in [-0.15, -0.1) is 0 Å². The molecule has 4 nitrogen and oxygen atoms in total. The molecule has 0 bridgehead atoms. The number of anilines is 1. The van der Waals surface area contributed by atoms with Crippen LogP contribution in [0.5, 0.6) is 0 Å². The Morgan fingerprint density at radius 1 is 1.67 bits per heavy atom. The van der Waals surface area contributed by atoms with Gasteiger partial charge in [0.15, 0.2) is 0 Å². The van der Waals surface area contributed by atoms with Crippen molar-refractivity contribution in [3.05, 3.63) is 22.3 Å². The maximum atomic E-state index is 11.8. The Bertz CT molecular complexity index is 431. The molecule has 1 saturated heterocycles. The number of amides is 1. The molecular formula is C13H17BrN2O2. The van der Waals surface area contributed by atoms with Crippen molar-refractivity contribution in [2.45, 2.75) is 38.7 Å². The van der Waals surface area contributed by atoms with Crippen LogP contribution in [-0.4, -0.2) is 23.6 Å². The molecule has 2 rings (SSSR count). The predicted octanol–water partition coefficient (Wildman–Crippen LogP) is 3.05. The molecule has 1 unspecified atom stereocenters. The summed E-state index contributed by atoms with van der Waals surface area (Å²) >= 11 is 3.39. The number of nitrogens with one attached hydrogen (secondary N) is 1. The van der Waals surface area contributed by atoms with Crippen molar-refractivity contribution in [2.75, 3.05) is 11.9 Å². The van der Waals surface area contributed by atoms with E-state index in [0.717, 1.165) is 35.9 Å². The Hall–Kier alpha value is -0.940. The van der Waals surface area contributed by atoms with Crippen molar-refractivity contribution in [1.82, 2.24) is 4.98 Å². The van der Waals surface area contributed by atoms with Gasteiger partial charge in [0.2, 0.25) is 5.91 Å². The lowest BCUT2D eigenvalue weighted by molar-refractivity contribution is -0.116. The molecule has 18 heavy (non-hydrogen) atoms. The van der Waals surface area contributed by atoms with E-state index in [2.05, 4.69) is 26.2 Å². The molecule has 1 amide bonds. The summed E-state index contributed by atoms with van der Waals surface area (Å²) in [5.41, 5.74) is 1.05. The monoisotopic (exact) mass is 312 g/mol. The summed E-state index contributed by atoms with van der Waals surface area (Å²) in [5, 5.41) is 2.81. The first-order valence-corrected chi connectivity index (χ1v) is 6.98. The van der Waals surface area contributed by atoms with E-state index in [1.807, 2.05) is 13.0 Å². The summed E-state index contributed by atoms with van der Waals surface area (Å²) in [5.74, 6) is 0.570. The van der Waals surface area contributed by atoms with Crippen LogP contribution in [0.1, 0.15) is 31.2 Å². The van der Waals surface area contributed by atoms with Gasteiger partial charge in [0.25, 0.3) is 0 Å². The first kappa shape index (κ1) is 13.5. The highest BCUT2D eigenvalue weighted by atomic mass is 79.9. The Morgan fingerprint density at radius 3 is 3.17 bits per heavy atom. The summed E-state index contributed by atoms with van der Waals surface area (Å²) in [7, 11) is 0. The van der Waals surface area contributed by atoms with E-state index < -0.39 is 0 Å². The highest BCUT2D eigenvalue weighted by Gasteiger charge is 2.17. The van der Waals surface area contributed by atoms with Crippen molar-refractivity contribution in [1.29, 1.82) is 0 Å². The molecule has 0 aliphatic carbocycles. The molecule has 1 aliphatic rings. The van der Waals surface area contributed by atoms with Crippen molar-refractivity contribution >= 4 is 27.7 Å². The van der Waals surface area contributed by atoms with Crippen LogP contribution in [0.25, 0.3) is 0 Å². The molecule has 0 saturated carbocycles. The minimum absolute atomic E-state index is 0.0115. The van der Waals surface area contributed by atoms with Gasteiger partial charge in [-0.25, -0.2) is 4.98 Å². The normalized spacial score (nSPS) is 18.9. The van der Waals surface area contributed by atoms with Crippen molar-refractivity contribution in [3.63, 3.8) is 0 Å². The largest absolute Gasteiger partial charge is 0.378 e. The zero-order chi connectivity index (χ0) is 13.0. The van der Waals surface area contributed by atoms with Gasteiger partial charge in [-0.3, -0.25) is 4.79 Å². The fraction of sp³-hybridized carbons (Fsp3) is 0.538. The lowest BCUT2D eigenvalue weighted by Gasteiger charge is -2.10. The molecule has 0 aromatic carbocycles. The Balaban J connectivity index is 1.82. The second kappa shape index (κ2) is 6.29. The number of aryl methyl sites for hydroxylation is 1. The van der Waals surface area contributed by atoms with Crippen LogP contribution < -0.4 is 5.32 Å². The number of ether oxygens (including phenoxy) is 1. The number of carbonyl (C=O) groups excluding carboxylic acids is 1. The van der Waals surface area contributed by atoms with Crippen LogP contribution in [0.4, 0.5) is 5.82 Å². The second-order valence-corrected chi connectivity index (χ2v) is 5.42. The number of rotatable bonds is 4. The van der Waals surface area contributed by atoms with E-state index in [1.54, 1.807) is 6.20 Å². The number of halogens is 1. The minimum atomic E-state index is -0.0115. The van der Waals surface area contributed by atoms with E-state index >= 15 is 0 Å². The summed E-state index contributed by atoms with van der Waals surface area (Å²) in [6.07, 6.45) is 5.43. The summed E-state index contributed by atoms with van der Waals surface area (Å²) in [6.45, 7) is 2.79. The van der Waals surface area contributed by atoms with Gasteiger partial charge in [0.1, 0.15) is 5.82 Å². The van der Waals surface area contributed by atoms with Gasteiger partial charge < -0.3 is 10.1 Å². The number of pyridine rings is 1. The van der Waals surface area contributed by atoms with Gasteiger partial charge in [-0.2, -0.15) is 0 Å². The van der Waals surface area contributed by atoms with Crippen LogP contribution in [0.2, 0.25) is 0 Å². The molecule has 0 spiro atoms. The molecule has 2 heterocycles. The third kappa shape index (κ3) is 3.78. The van der Waals surface area contributed by atoms with Crippen LogP contribution in [0, 0.1) is 6.92 Å². The van der Waals surface area contributed by atoms with Crippen molar-refractivity contribution in [3.8, 4) is 0 Å². The van der Waals surface area contributed by atoms with Crippen LogP contribution >= 0.6 is 15.9 Å². The molecule has 5 heteroatoms. The average Bonchev–Trinajstić information content (AvgIpc) is 2.83. The standard InChI is InChI=1S/C13H17BrN2O2/c1-9-7-11(14)13(15-8-9)16-12(17)5-4-10-3-2-6-18-10/h7-8,10H,2-6H2,1H3,(H,15,16,17). The number of nitrogens with zero attached hydrogens (tertiary/aromatic N) is 1. The first-order chi connectivity index (χ1) is 8.65. The Labute approximate surface area is 115 Å².